The van der Waals surface area contributed by atoms with Crippen molar-refractivity contribution in [2.75, 3.05) is 13.7 Å². The molecule has 0 bridgehead atoms. The normalized spacial score (nSPS) is 21.7. The number of carbonyl (C=O) groups is 2. The molecule has 0 aliphatic carbocycles. The summed E-state index contributed by atoms with van der Waals surface area (Å²) < 4.78 is 5.13. The SMILES string of the molecule is CCCCN1C(=O)CC[C@@H](C(=O)[O-])[C@@H]1c1ccc(OC)cc1. The van der Waals surface area contributed by atoms with Gasteiger partial charge in [-0.3, -0.25) is 4.79 Å². The number of carboxylic acid groups (broad SMARTS) is 1. The van der Waals surface area contributed by atoms with Crippen molar-refractivity contribution >= 4 is 11.9 Å². The Labute approximate surface area is 130 Å². The van der Waals surface area contributed by atoms with E-state index < -0.39 is 17.9 Å². The standard InChI is InChI=1S/C17H23NO4/c1-3-4-11-18-15(19)10-9-14(17(20)21)16(18)12-5-7-13(22-2)8-6-12/h5-8,14,16H,3-4,9-11H2,1-2H3,(H,20,21)/p-1/t14-,16+/m1/s1. The third-order valence-corrected chi connectivity index (χ3v) is 4.22. The molecular formula is C17H22NO4-. The van der Waals surface area contributed by atoms with E-state index in [0.29, 0.717) is 18.7 Å². The first-order chi connectivity index (χ1) is 10.6. The van der Waals surface area contributed by atoms with Gasteiger partial charge in [0.15, 0.2) is 0 Å². The fourth-order valence-corrected chi connectivity index (χ4v) is 3.01. The summed E-state index contributed by atoms with van der Waals surface area (Å²) in [5, 5.41) is 11.5. The monoisotopic (exact) mass is 304 g/mol. The maximum Gasteiger partial charge on any atom is 0.223 e. The minimum absolute atomic E-state index is 0.0202. The summed E-state index contributed by atoms with van der Waals surface area (Å²) in [7, 11) is 1.58. The molecule has 0 unspecified atom stereocenters. The second-order valence-corrected chi connectivity index (χ2v) is 5.62. The highest BCUT2D eigenvalue weighted by Gasteiger charge is 2.37. The average molecular weight is 304 g/mol. The Hall–Kier alpha value is -2.04. The van der Waals surface area contributed by atoms with Crippen LogP contribution in [-0.4, -0.2) is 30.4 Å². The van der Waals surface area contributed by atoms with Gasteiger partial charge in [-0.05, 0) is 30.5 Å². The molecule has 0 saturated carbocycles. The molecule has 1 aromatic carbocycles. The largest absolute Gasteiger partial charge is 0.550 e. The zero-order valence-corrected chi connectivity index (χ0v) is 13.1. The van der Waals surface area contributed by atoms with Gasteiger partial charge in [0.2, 0.25) is 5.91 Å². The molecule has 0 spiro atoms. The first-order valence-corrected chi connectivity index (χ1v) is 7.72. The van der Waals surface area contributed by atoms with Crippen LogP contribution in [0.25, 0.3) is 0 Å². The lowest BCUT2D eigenvalue weighted by molar-refractivity contribution is -0.314. The smallest absolute Gasteiger partial charge is 0.223 e. The van der Waals surface area contributed by atoms with Crippen molar-refractivity contribution in [3.05, 3.63) is 29.8 Å². The van der Waals surface area contributed by atoms with Crippen LogP contribution in [0, 0.1) is 5.92 Å². The Bertz CT molecular complexity index is 526. The van der Waals surface area contributed by atoms with Gasteiger partial charge in [0, 0.05) is 24.9 Å². The number of benzene rings is 1. The number of unbranched alkanes of at least 4 members (excludes halogenated alkanes) is 1. The van der Waals surface area contributed by atoms with Crippen LogP contribution in [0.3, 0.4) is 0 Å². The van der Waals surface area contributed by atoms with E-state index in [9.17, 15) is 14.7 Å². The molecule has 1 saturated heterocycles. The minimum Gasteiger partial charge on any atom is -0.550 e. The Balaban J connectivity index is 2.34. The molecule has 2 rings (SSSR count). The number of carboxylic acids is 1. The highest BCUT2D eigenvalue weighted by atomic mass is 16.5. The van der Waals surface area contributed by atoms with Crippen molar-refractivity contribution in [3.63, 3.8) is 0 Å². The van der Waals surface area contributed by atoms with Gasteiger partial charge in [-0.15, -0.1) is 0 Å². The highest BCUT2D eigenvalue weighted by molar-refractivity contribution is 5.81. The molecule has 1 aliphatic heterocycles. The Morgan fingerprint density at radius 1 is 1.36 bits per heavy atom. The molecular weight excluding hydrogens is 282 g/mol. The number of carbonyl (C=O) groups excluding carboxylic acids is 2. The van der Waals surface area contributed by atoms with Crippen LogP contribution in [0.5, 0.6) is 5.75 Å². The lowest BCUT2D eigenvalue weighted by atomic mass is 9.84. The fourth-order valence-electron chi connectivity index (χ4n) is 3.01. The van der Waals surface area contributed by atoms with Crippen LogP contribution < -0.4 is 9.84 Å². The second kappa shape index (κ2) is 7.29. The van der Waals surface area contributed by atoms with E-state index in [0.717, 1.165) is 18.4 Å². The number of amides is 1. The summed E-state index contributed by atoms with van der Waals surface area (Å²) in [5.74, 6) is -1.03. The van der Waals surface area contributed by atoms with Gasteiger partial charge in [0.25, 0.3) is 0 Å². The van der Waals surface area contributed by atoms with Gasteiger partial charge < -0.3 is 19.5 Å². The van der Waals surface area contributed by atoms with Gasteiger partial charge in [0.05, 0.1) is 13.2 Å². The molecule has 22 heavy (non-hydrogen) atoms. The van der Waals surface area contributed by atoms with E-state index in [-0.39, 0.29) is 12.3 Å². The van der Waals surface area contributed by atoms with E-state index in [1.54, 1.807) is 24.1 Å². The first-order valence-electron chi connectivity index (χ1n) is 7.72. The molecule has 1 heterocycles. The van der Waals surface area contributed by atoms with Crippen LogP contribution >= 0.6 is 0 Å². The molecule has 5 heteroatoms. The van der Waals surface area contributed by atoms with Crippen molar-refractivity contribution in [1.82, 2.24) is 4.90 Å². The Kier molecular flexibility index (Phi) is 5.41. The third-order valence-electron chi connectivity index (χ3n) is 4.22. The van der Waals surface area contributed by atoms with Gasteiger partial charge in [-0.25, -0.2) is 0 Å². The van der Waals surface area contributed by atoms with E-state index in [1.165, 1.54) is 0 Å². The summed E-state index contributed by atoms with van der Waals surface area (Å²) in [5.41, 5.74) is 0.819. The number of piperidine rings is 1. The van der Waals surface area contributed by atoms with Crippen molar-refractivity contribution in [2.45, 2.75) is 38.6 Å². The van der Waals surface area contributed by atoms with Crippen molar-refractivity contribution in [1.29, 1.82) is 0 Å². The predicted octanol–water partition coefficient (Wildman–Crippen LogP) is 1.52. The Morgan fingerprint density at radius 2 is 2.05 bits per heavy atom. The topological polar surface area (TPSA) is 69.7 Å². The van der Waals surface area contributed by atoms with Crippen LogP contribution in [-0.2, 0) is 9.59 Å². The van der Waals surface area contributed by atoms with Gasteiger partial charge in [0.1, 0.15) is 5.75 Å². The van der Waals surface area contributed by atoms with Crippen molar-refractivity contribution in [3.8, 4) is 5.75 Å². The van der Waals surface area contributed by atoms with Crippen LogP contribution in [0.2, 0.25) is 0 Å². The summed E-state index contributed by atoms with van der Waals surface area (Å²) in [6.07, 6.45) is 2.42. The number of hydrogen-bond donors (Lipinski definition) is 0. The maximum atomic E-state index is 12.3. The van der Waals surface area contributed by atoms with Gasteiger partial charge >= 0.3 is 0 Å². The van der Waals surface area contributed by atoms with E-state index in [1.807, 2.05) is 19.1 Å². The molecule has 2 atom stereocenters. The minimum atomic E-state index is -1.09. The first kappa shape index (κ1) is 16.3. The van der Waals surface area contributed by atoms with Crippen molar-refractivity contribution in [2.24, 2.45) is 5.92 Å². The number of rotatable bonds is 6. The molecule has 1 aliphatic rings. The summed E-state index contributed by atoms with van der Waals surface area (Å²) >= 11 is 0. The van der Waals surface area contributed by atoms with E-state index >= 15 is 0 Å². The van der Waals surface area contributed by atoms with E-state index in [2.05, 4.69) is 0 Å². The fraction of sp³-hybridized carbons (Fsp3) is 0.529. The van der Waals surface area contributed by atoms with Gasteiger partial charge in [-0.2, -0.15) is 0 Å². The van der Waals surface area contributed by atoms with Crippen molar-refractivity contribution < 1.29 is 19.4 Å². The number of ether oxygens (including phenoxy) is 1. The molecule has 0 aromatic heterocycles. The van der Waals surface area contributed by atoms with Crippen LogP contribution in [0.4, 0.5) is 0 Å². The van der Waals surface area contributed by atoms with E-state index in [4.69, 9.17) is 4.74 Å². The summed E-state index contributed by atoms with van der Waals surface area (Å²) in [6.45, 7) is 2.63. The maximum absolute atomic E-state index is 12.3. The molecule has 1 amide bonds. The molecule has 1 aromatic rings. The molecule has 120 valence electrons. The highest BCUT2D eigenvalue weighted by Crippen LogP contribution is 2.37. The number of hydrogen-bond acceptors (Lipinski definition) is 4. The molecule has 0 radical (unpaired) electrons. The number of aliphatic carboxylic acids is 1. The predicted molar refractivity (Wildman–Crippen MR) is 80.1 cm³/mol. The van der Waals surface area contributed by atoms with Gasteiger partial charge in [-0.1, -0.05) is 25.5 Å². The zero-order chi connectivity index (χ0) is 16.1. The number of methoxy groups -OCH3 is 1. The molecule has 0 N–H and O–H groups in total. The lowest BCUT2D eigenvalue weighted by Crippen LogP contribution is -2.49. The molecule has 5 nitrogen and oxygen atoms in total. The van der Waals surface area contributed by atoms with Crippen LogP contribution in [0.1, 0.15) is 44.2 Å². The molecule has 1 fully saturated rings. The lowest BCUT2D eigenvalue weighted by Gasteiger charge is -2.42. The quantitative estimate of drug-likeness (QED) is 0.799. The summed E-state index contributed by atoms with van der Waals surface area (Å²) in [4.78, 5) is 25.5. The number of nitrogens with zero attached hydrogens (tertiary/aromatic N) is 1. The Morgan fingerprint density at radius 3 is 2.59 bits per heavy atom. The number of likely N-dealkylation sites (tertiary alicyclic amines) is 1. The third kappa shape index (κ3) is 3.40. The summed E-state index contributed by atoms with van der Waals surface area (Å²) in [6, 6.07) is 6.79. The second-order valence-electron chi connectivity index (χ2n) is 5.62. The zero-order valence-electron chi connectivity index (χ0n) is 13.1. The van der Waals surface area contributed by atoms with Crippen LogP contribution in [0.15, 0.2) is 24.3 Å². The average Bonchev–Trinajstić information content (AvgIpc) is 2.53.